The molecule has 10 heteroatoms. The van der Waals surface area contributed by atoms with Gasteiger partial charge in [-0.25, -0.2) is 5.43 Å². The number of anilines is 2. The first-order valence-electron chi connectivity index (χ1n) is 11.0. The van der Waals surface area contributed by atoms with E-state index in [2.05, 4.69) is 51.6 Å². The number of para-hydroxylation sites is 1. The Hall–Kier alpha value is -3.82. The van der Waals surface area contributed by atoms with Crippen molar-refractivity contribution in [3.63, 3.8) is 0 Å². The highest BCUT2D eigenvalue weighted by molar-refractivity contribution is 5.99. The maximum absolute atomic E-state index is 5.86. The molecular formula is C22H27N9O. The van der Waals surface area contributed by atoms with Crippen LogP contribution in [0.15, 0.2) is 48.0 Å². The third kappa shape index (κ3) is 4.74. The number of hydrogen-bond acceptors (Lipinski definition) is 9. The number of hydrogen-bond donors (Lipinski definition) is 3. The predicted octanol–water partition coefficient (Wildman–Crippen LogP) is 2.50. The lowest BCUT2D eigenvalue weighted by atomic mass is 10.1. The van der Waals surface area contributed by atoms with Crippen LogP contribution in [0.1, 0.15) is 24.8 Å². The fourth-order valence-electron chi connectivity index (χ4n) is 3.84. The Labute approximate surface area is 186 Å². The molecule has 0 unspecified atom stereocenters. The lowest BCUT2D eigenvalue weighted by Gasteiger charge is -2.26. The SMILES string of the molecule is C1=CN(CCOc2nc(N/N=C/c3c[nH]c4ccccc34)nc(N3CCCCC3)n2)CN1. The third-order valence-corrected chi connectivity index (χ3v) is 5.54. The number of fused-ring (bicyclic) bond motifs is 1. The molecule has 0 bridgehead atoms. The number of benzene rings is 1. The van der Waals surface area contributed by atoms with E-state index in [1.807, 2.05) is 36.8 Å². The van der Waals surface area contributed by atoms with Crippen LogP contribution in [0.3, 0.4) is 0 Å². The number of hydrazone groups is 1. The topological polar surface area (TPSA) is 107 Å². The first kappa shape index (κ1) is 20.1. The van der Waals surface area contributed by atoms with Gasteiger partial charge in [0, 0.05) is 48.2 Å². The summed E-state index contributed by atoms with van der Waals surface area (Å²) in [5, 5.41) is 8.61. The molecule has 0 saturated carbocycles. The second-order valence-electron chi connectivity index (χ2n) is 7.79. The van der Waals surface area contributed by atoms with Crippen LogP contribution in [0, 0.1) is 0 Å². The van der Waals surface area contributed by atoms with E-state index < -0.39 is 0 Å². The van der Waals surface area contributed by atoms with Crippen molar-refractivity contribution in [2.45, 2.75) is 19.3 Å². The molecule has 3 N–H and O–H groups in total. The highest BCUT2D eigenvalue weighted by Gasteiger charge is 2.17. The summed E-state index contributed by atoms with van der Waals surface area (Å²) >= 11 is 0. The van der Waals surface area contributed by atoms with Gasteiger partial charge in [0.05, 0.1) is 19.4 Å². The highest BCUT2D eigenvalue weighted by atomic mass is 16.5. The molecule has 2 aliphatic heterocycles. The summed E-state index contributed by atoms with van der Waals surface area (Å²) in [4.78, 5) is 21.1. The largest absolute Gasteiger partial charge is 0.461 e. The molecule has 0 amide bonds. The lowest BCUT2D eigenvalue weighted by Crippen LogP contribution is -2.31. The van der Waals surface area contributed by atoms with Gasteiger partial charge in [-0.2, -0.15) is 20.1 Å². The van der Waals surface area contributed by atoms with Crippen LogP contribution in [0.4, 0.5) is 11.9 Å². The van der Waals surface area contributed by atoms with E-state index in [0.717, 1.165) is 55.6 Å². The molecule has 0 aliphatic carbocycles. The van der Waals surface area contributed by atoms with Crippen LogP contribution in [-0.4, -0.2) is 64.0 Å². The van der Waals surface area contributed by atoms with Crippen molar-refractivity contribution in [2.24, 2.45) is 5.10 Å². The summed E-state index contributed by atoms with van der Waals surface area (Å²) in [5.74, 6) is 0.997. The van der Waals surface area contributed by atoms with Crippen LogP contribution in [0.5, 0.6) is 6.01 Å². The molecule has 4 heterocycles. The number of nitrogens with zero attached hydrogens (tertiary/aromatic N) is 6. The van der Waals surface area contributed by atoms with Crippen LogP contribution in [0.25, 0.3) is 10.9 Å². The van der Waals surface area contributed by atoms with E-state index in [1.54, 1.807) is 6.21 Å². The zero-order valence-electron chi connectivity index (χ0n) is 17.9. The lowest BCUT2D eigenvalue weighted by molar-refractivity contribution is 0.243. The van der Waals surface area contributed by atoms with Gasteiger partial charge < -0.3 is 24.8 Å². The maximum Gasteiger partial charge on any atom is 0.323 e. The molecule has 2 aromatic heterocycles. The number of aromatic amines is 1. The number of aromatic nitrogens is 4. The minimum Gasteiger partial charge on any atom is -0.461 e. The Morgan fingerprint density at radius 2 is 2.03 bits per heavy atom. The smallest absolute Gasteiger partial charge is 0.323 e. The standard InChI is InChI=1S/C22H27N9O/c1-4-9-31(10-5-1)21-26-20(27-22(28-21)32-13-12-30-11-8-23-16-30)29-25-15-17-14-24-19-7-3-2-6-18(17)19/h2-3,6-8,11,14-15,23-24H,1,4-5,9-10,12-13,16H2,(H,26,27,28,29)/b25-15+. The molecule has 1 saturated heterocycles. The monoisotopic (exact) mass is 433 g/mol. The Morgan fingerprint density at radius 3 is 2.91 bits per heavy atom. The van der Waals surface area contributed by atoms with Crippen LogP contribution < -0.4 is 20.4 Å². The van der Waals surface area contributed by atoms with Gasteiger partial charge in [0.15, 0.2) is 0 Å². The molecule has 10 nitrogen and oxygen atoms in total. The van der Waals surface area contributed by atoms with Gasteiger partial charge in [-0.1, -0.05) is 18.2 Å². The molecule has 3 aromatic rings. The van der Waals surface area contributed by atoms with Crippen molar-refractivity contribution < 1.29 is 4.74 Å². The van der Waals surface area contributed by atoms with E-state index in [4.69, 9.17) is 4.74 Å². The van der Waals surface area contributed by atoms with Gasteiger partial charge in [-0.3, -0.25) is 0 Å². The maximum atomic E-state index is 5.86. The van der Waals surface area contributed by atoms with Crippen molar-refractivity contribution in [3.05, 3.63) is 48.4 Å². The van der Waals surface area contributed by atoms with E-state index in [-0.39, 0.29) is 0 Å². The Morgan fingerprint density at radius 1 is 1.12 bits per heavy atom. The van der Waals surface area contributed by atoms with E-state index in [0.29, 0.717) is 24.5 Å². The fraction of sp³-hybridized carbons (Fsp3) is 0.364. The molecule has 5 rings (SSSR count). The van der Waals surface area contributed by atoms with Crippen LogP contribution in [0.2, 0.25) is 0 Å². The number of ether oxygens (including phenoxy) is 1. The quantitative estimate of drug-likeness (QED) is 0.368. The molecule has 2 aliphatic rings. The molecular weight excluding hydrogens is 406 g/mol. The summed E-state index contributed by atoms with van der Waals surface area (Å²) in [7, 11) is 0. The highest BCUT2D eigenvalue weighted by Crippen LogP contribution is 2.20. The second-order valence-corrected chi connectivity index (χ2v) is 7.79. The van der Waals surface area contributed by atoms with Crippen molar-refractivity contribution in [3.8, 4) is 6.01 Å². The van der Waals surface area contributed by atoms with Gasteiger partial charge in [-0.05, 0) is 25.3 Å². The van der Waals surface area contributed by atoms with Crippen LogP contribution >= 0.6 is 0 Å². The van der Waals surface area contributed by atoms with E-state index in [9.17, 15) is 0 Å². The van der Waals surface area contributed by atoms with Gasteiger partial charge in [0.2, 0.25) is 5.95 Å². The Bertz CT molecular complexity index is 1100. The molecule has 32 heavy (non-hydrogen) atoms. The van der Waals surface area contributed by atoms with Gasteiger partial charge in [-0.15, -0.1) is 0 Å². The van der Waals surface area contributed by atoms with Crippen molar-refractivity contribution in [1.29, 1.82) is 0 Å². The zero-order valence-corrected chi connectivity index (χ0v) is 17.9. The molecule has 166 valence electrons. The second kappa shape index (κ2) is 9.54. The van der Waals surface area contributed by atoms with E-state index >= 15 is 0 Å². The average molecular weight is 434 g/mol. The zero-order chi connectivity index (χ0) is 21.6. The van der Waals surface area contributed by atoms with Crippen molar-refractivity contribution in [2.75, 3.05) is 43.2 Å². The summed E-state index contributed by atoms with van der Waals surface area (Å²) in [6.45, 7) is 3.88. The Balaban J connectivity index is 1.30. The number of nitrogens with one attached hydrogen (secondary N) is 3. The van der Waals surface area contributed by atoms with Crippen LogP contribution in [-0.2, 0) is 0 Å². The first-order valence-corrected chi connectivity index (χ1v) is 11.0. The summed E-state index contributed by atoms with van der Waals surface area (Å²) in [6, 6.07) is 8.41. The normalized spacial score (nSPS) is 16.1. The minimum absolute atomic E-state index is 0.307. The van der Waals surface area contributed by atoms with Crippen molar-refractivity contribution in [1.82, 2.24) is 30.2 Å². The fourth-order valence-corrected chi connectivity index (χ4v) is 3.84. The molecule has 0 radical (unpaired) electrons. The number of H-pyrrole nitrogens is 1. The first-order chi connectivity index (χ1) is 15.8. The molecule has 0 atom stereocenters. The van der Waals surface area contributed by atoms with Crippen molar-refractivity contribution >= 4 is 29.0 Å². The average Bonchev–Trinajstić information content (AvgIpc) is 3.50. The summed E-state index contributed by atoms with van der Waals surface area (Å²) in [6.07, 6.45) is 11.1. The third-order valence-electron chi connectivity index (χ3n) is 5.54. The number of rotatable bonds is 8. The summed E-state index contributed by atoms with van der Waals surface area (Å²) < 4.78 is 5.86. The van der Waals surface area contributed by atoms with Gasteiger partial charge >= 0.3 is 6.01 Å². The van der Waals surface area contributed by atoms with Gasteiger partial charge in [0.1, 0.15) is 6.61 Å². The number of piperidine rings is 1. The summed E-state index contributed by atoms with van der Waals surface area (Å²) in [5.41, 5.74) is 5.01. The molecule has 1 aromatic carbocycles. The predicted molar refractivity (Wildman–Crippen MR) is 125 cm³/mol. The minimum atomic E-state index is 0.307. The van der Waals surface area contributed by atoms with Gasteiger partial charge in [0.25, 0.3) is 5.95 Å². The molecule has 0 spiro atoms. The molecule has 1 fully saturated rings. The Kier molecular flexibility index (Phi) is 6.00. The van der Waals surface area contributed by atoms with E-state index in [1.165, 1.54) is 6.42 Å².